The Balaban J connectivity index is 1.31. The molecule has 4 aromatic rings. The highest BCUT2D eigenvalue weighted by atomic mass is 16.5. The van der Waals surface area contributed by atoms with Gasteiger partial charge in [0.25, 0.3) is 11.5 Å². The van der Waals surface area contributed by atoms with E-state index in [-0.39, 0.29) is 17.0 Å². The van der Waals surface area contributed by atoms with E-state index in [1.165, 1.54) is 0 Å². The molecule has 172 valence electrons. The fraction of sp³-hybridized carbons (Fsp3) is 0.172. The summed E-state index contributed by atoms with van der Waals surface area (Å²) < 4.78 is 7.33. The number of ether oxygens (including phenoxy) is 1. The van der Waals surface area contributed by atoms with Gasteiger partial charge in [0, 0.05) is 12.7 Å². The number of aryl methyl sites for hydroxylation is 1. The molecule has 0 spiro atoms. The lowest BCUT2D eigenvalue weighted by Gasteiger charge is -2.10. The summed E-state index contributed by atoms with van der Waals surface area (Å²) in [5.74, 6) is -0.376. The van der Waals surface area contributed by atoms with Crippen molar-refractivity contribution < 1.29 is 9.53 Å². The number of carbonyl (C=O) groups is 1. The molecule has 0 saturated carbocycles. The molecule has 0 bridgehead atoms. The van der Waals surface area contributed by atoms with Gasteiger partial charge in [-0.1, -0.05) is 84.4 Å². The Labute approximate surface area is 199 Å². The fourth-order valence-electron chi connectivity index (χ4n) is 3.73. The summed E-state index contributed by atoms with van der Waals surface area (Å²) in [6, 6.07) is 29.2. The summed E-state index contributed by atoms with van der Waals surface area (Å²) in [5.41, 5.74) is 5.15. The van der Waals surface area contributed by atoms with Crippen molar-refractivity contribution in [2.45, 2.75) is 33.2 Å². The van der Waals surface area contributed by atoms with Crippen LogP contribution in [0.5, 0.6) is 0 Å². The van der Waals surface area contributed by atoms with Crippen molar-refractivity contribution in [3.63, 3.8) is 0 Å². The standard InChI is InChI=1S/C29H28N2O3/c1-22-7-5-10-26(17-22)19-31-16-6-11-27(29(31)33)28(32)30-18-23-12-14-25(15-13-23)21-34-20-24-8-3-2-4-9-24/h2-17H,18-21H2,1H3,(H,30,32). The molecule has 0 unspecified atom stereocenters. The second-order valence-electron chi connectivity index (χ2n) is 8.32. The number of benzene rings is 3. The minimum absolute atomic E-state index is 0.140. The normalized spacial score (nSPS) is 10.7. The SMILES string of the molecule is Cc1cccc(Cn2cccc(C(=O)NCc3ccc(COCc4ccccc4)cc3)c2=O)c1. The number of rotatable bonds is 9. The second-order valence-corrected chi connectivity index (χ2v) is 8.32. The van der Waals surface area contributed by atoms with Crippen LogP contribution in [0.1, 0.15) is 38.2 Å². The summed E-state index contributed by atoms with van der Waals surface area (Å²) in [4.78, 5) is 25.5. The Morgan fingerprint density at radius 3 is 2.21 bits per heavy atom. The molecule has 34 heavy (non-hydrogen) atoms. The second kappa shape index (κ2) is 11.3. The Kier molecular flexibility index (Phi) is 7.68. The quantitative estimate of drug-likeness (QED) is 0.395. The summed E-state index contributed by atoms with van der Waals surface area (Å²) in [6.07, 6.45) is 1.71. The van der Waals surface area contributed by atoms with Crippen LogP contribution in [0.25, 0.3) is 0 Å². The molecule has 5 nitrogen and oxygen atoms in total. The van der Waals surface area contributed by atoms with Gasteiger partial charge in [-0.3, -0.25) is 9.59 Å². The number of amides is 1. The van der Waals surface area contributed by atoms with Crippen molar-refractivity contribution >= 4 is 5.91 Å². The largest absolute Gasteiger partial charge is 0.372 e. The van der Waals surface area contributed by atoms with Gasteiger partial charge >= 0.3 is 0 Å². The van der Waals surface area contributed by atoms with Gasteiger partial charge in [-0.15, -0.1) is 0 Å². The van der Waals surface area contributed by atoms with Crippen LogP contribution in [0, 0.1) is 6.92 Å². The maximum atomic E-state index is 12.8. The molecule has 3 aromatic carbocycles. The van der Waals surface area contributed by atoms with E-state index in [4.69, 9.17) is 4.74 Å². The van der Waals surface area contributed by atoms with Crippen LogP contribution in [0.3, 0.4) is 0 Å². The third-order valence-electron chi connectivity index (χ3n) is 5.56. The molecule has 1 heterocycles. The lowest BCUT2D eigenvalue weighted by molar-refractivity contribution is 0.0948. The van der Waals surface area contributed by atoms with E-state index in [0.29, 0.717) is 26.3 Å². The molecule has 0 fully saturated rings. The van der Waals surface area contributed by atoms with Crippen molar-refractivity contribution in [2.75, 3.05) is 0 Å². The predicted molar refractivity (Wildman–Crippen MR) is 134 cm³/mol. The molecule has 0 saturated heterocycles. The zero-order valence-electron chi connectivity index (χ0n) is 19.2. The molecule has 0 radical (unpaired) electrons. The monoisotopic (exact) mass is 452 g/mol. The van der Waals surface area contributed by atoms with Crippen LogP contribution in [-0.2, 0) is 31.0 Å². The fourth-order valence-corrected chi connectivity index (χ4v) is 3.73. The summed E-state index contributed by atoms with van der Waals surface area (Å²) in [7, 11) is 0. The van der Waals surface area contributed by atoms with Crippen molar-refractivity contribution in [1.82, 2.24) is 9.88 Å². The molecular formula is C29H28N2O3. The highest BCUT2D eigenvalue weighted by Gasteiger charge is 2.12. The molecule has 5 heteroatoms. The minimum atomic E-state index is -0.376. The number of nitrogens with zero attached hydrogens (tertiary/aromatic N) is 1. The van der Waals surface area contributed by atoms with Gasteiger partial charge < -0.3 is 14.6 Å². The number of hydrogen-bond acceptors (Lipinski definition) is 3. The number of carbonyl (C=O) groups excluding carboxylic acids is 1. The maximum absolute atomic E-state index is 12.8. The first kappa shape index (κ1) is 23.2. The third-order valence-corrected chi connectivity index (χ3v) is 5.56. The molecule has 0 atom stereocenters. The van der Waals surface area contributed by atoms with Gasteiger partial charge in [-0.05, 0) is 41.3 Å². The molecule has 0 aliphatic rings. The van der Waals surface area contributed by atoms with E-state index in [2.05, 4.69) is 5.32 Å². The number of aromatic nitrogens is 1. The third kappa shape index (κ3) is 6.30. The Morgan fingerprint density at radius 1 is 0.794 bits per heavy atom. The predicted octanol–water partition coefficient (Wildman–Crippen LogP) is 4.85. The molecule has 4 rings (SSSR count). The Hall–Kier alpha value is -3.96. The zero-order chi connectivity index (χ0) is 23.8. The molecule has 0 aliphatic heterocycles. The summed E-state index contributed by atoms with van der Waals surface area (Å²) in [6.45, 7) is 3.87. The smallest absolute Gasteiger partial charge is 0.263 e. The van der Waals surface area contributed by atoms with Gasteiger partial charge in [-0.2, -0.15) is 0 Å². The van der Waals surface area contributed by atoms with Gasteiger partial charge in [0.05, 0.1) is 19.8 Å². The van der Waals surface area contributed by atoms with Gasteiger partial charge in [-0.25, -0.2) is 0 Å². The van der Waals surface area contributed by atoms with E-state index in [1.807, 2.05) is 85.8 Å². The molecule has 1 N–H and O–H groups in total. The van der Waals surface area contributed by atoms with Crippen LogP contribution in [0.4, 0.5) is 0 Å². The van der Waals surface area contributed by atoms with E-state index < -0.39 is 0 Å². The highest BCUT2D eigenvalue weighted by molar-refractivity contribution is 5.93. The number of hydrogen-bond donors (Lipinski definition) is 1. The van der Waals surface area contributed by atoms with E-state index >= 15 is 0 Å². The van der Waals surface area contributed by atoms with Crippen molar-refractivity contribution in [2.24, 2.45) is 0 Å². The lowest BCUT2D eigenvalue weighted by atomic mass is 10.1. The van der Waals surface area contributed by atoms with Crippen molar-refractivity contribution in [3.8, 4) is 0 Å². The van der Waals surface area contributed by atoms with E-state index in [1.54, 1.807) is 22.9 Å². The lowest BCUT2D eigenvalue weighted by Crippen LogP contribution is -2.32. The number of pyridine rings is 1. The van der Waals surface area contributed by atoms with E-state index in [0.717, 1.165) is 27.8 Å². The van der Waals surface area contributed by atoms with E-state index in [9.17, 15) is 9.59 Å². The number of nitrogens with one attached hydrogen (secondary N) is 1. The van der Waals surface area contributed by atoms with Crippen LogP contribution in [0.2, 0.25) is 0 Å². The average molecular weight is 453 g/mol. The maximum Gasteiger partial charge on any atom is 0.263 e. The Morgan fingerprint density at radius 2 is 1.47 bits per heavy atom. The van der Waals surface area contributed by atoms with Crippen molar-refractivity contribution in [1.29, 1.82) is 0 Å². The summed E-state index contributed by atoms with van der Waals surface area (Å²) >= 11 is 0. The van der Waals surface area contributed by atoms with Crippen LogP contribution in [0.15, 0.2) is 102 Å². The Bertz CT molecular complexity index is 1300. The zero-order valence-corrected chi connectivity index (χ0v) is 19.2. The van der Waals surface area contributed by atoms with Gasteiger partial charge in [0.1, 0.15) is 5.56 Å². The molecule has 1 aromatic heterocycles. The minimum Gasteiger partial charge on any atom is -0.372 e. The van der Waals surface area contributed by atoms with Gasteiger partial charge in [0.2, 0.25) is 0 Å². The van der Waals surface area contributed by atoms with Crippen molar-refractivity contribution in [3.05, 3.63) is 141 Å². The van der Waals surface area contributed by atoms with Gasteiger partial charge in [0.15, 0.2) is 0 Å². The first-order valence-corrected chi connectivity index (χ1v) is 11.3. The van der Waals surface area contributed by atoms with Crippen LogP contribution >= 0.6 is 0 Å². The first-order valence-electron chi connectivity index (χ1n) is 11.3. The topological polar surface area (TPSA) is 60.3 Å². The van der Waals surface area contributed by atoms with Crippen LogP contribution < -0.4 is 10.9 Å². The molecule has 1 amide bonds. The average Bonchev–Trinajstić information content (AvgIpc) is 2.85. The summed E-state index contributed by atoms with van der Waals surface area (Å²) in [5, 5.41) is 2.86. The molecule has 0 aliphatic carbocycles. The first-order chi connectivity index (χ1) is 16.6. The highest BCUT2D eigenvalue weighted by Crippen LogP contribution is 2.09. The molecular weight excluding hydrogens is 424 g/mol. The van der Waals surface area contributed by atoms with Crippen LogP contribution in [-0.4, -0.2) is 10.5 Å².